The highest BCUT2D eigenvalue weighted by Crippen LogP contribution is 2.13. The minimum atomic E-state index is -1.10. The molecule has 2 aromatic rings. The van der Waals surface area contributed by atoms with Crippen LogP contribution in [0.1, 0.15) is 16.1 Å². The summed E-state index contributed by atoms with van der Waals surface area (Å²) >= 11 is 0. The molecular weight excluding hydrogens is 284 g/mol. The number of nitrogens with one attached hydrogen (secondary N) is 1. The normalized spacial score (nSPS) is 11.5. The van der Waals surface area contributed by atoms with E-state index in [0.717, 1.165) is 5.56 Å². The maximum Gasteiger partial charge on any atom is 0.326 e. The van der Waals surface area contributed by atoms with Crippen LogP contribution in [0.3, 0.4) is 0 Å². The number of hydrogen-bond acceptors (Lipinski definition) is 4. The standard InChI is InChI=1S/C16H16N2O4/c1-22-12-7-5-11(6-8-12)10-14(16(20)21)18-15(19)13-4-2-3-9-17-13/h2-9,14H,10H2,1H3,(H,18,19)(H,20,21)/t14-/m1/s1. The number of amides is 1. The van der Waals surface area contributed by atoms with E-state index in [0.29, 0.717) is 5.75 Å². The van der Waals surface area contributed by atoms with Crippen LogP contribution in [0.25, 0.3) is 0 Å². The molecular formula is C16H16N2O4. The number of nitrogens with zero attached hydrogens (tertiary/aromatic N) is 1. The van der Waals surface area contributed by atoms with Gasteiger partial charge in [-0.05, 0) is 29.8 Å². The van der Waals surface area contributed by atoms with E-state index in [1.807, 2.05) is 0 Å². The van der Waals surface area contributed by atoms with Gasteiger partial charge in [-0.15, -0.1) is 0 Å². The Hall–Kier alpha value is -2.89. The predicted molar refractivity (Wildman–Crippen MR) is 79.8 cm³/mol. The lowest BCUT2D eigenvalue weighted by molar-refractivity contribution is -0.139. The number of benzene rings is 1. The SMILES string of the molecule is COc1ccc(C[C@@H](NC(=O)c2ccccn2)C(=O)O)cc1. The van der Waals surface area contributed by atoms with Crippen molar-refractivity contribution in [3.8, 4) is 5.75 Å². The number of ether oxygens (including phenoxy) is 1. The van der Waals surface area contributed by atoms with Gasteiger partial charge in [0.1, 0.15) is 17.5 Å². The second-order valence-corrected chi connectivity index (χ2v) is 4.63. The van der Waals surface area contributed by atoms with Gasteiger partial charge in [0.15, 0.2) is 0 Å². The molecule has 6 heteroatoms. The monoisotopic (exact) mass is 300 g/mol. The lowest BCUT2D eigenvalue weighted by Gasteiger charge is -2.14. The minimum absolute atomic E-state index is 0.178. The average Bonchev–Trinajstić information content (AvgIpc) is 2.55. The molecule has 0 saturated carbocycles. The third kappa shape index (κ3) is 4.05. The first-order chi connectivity index (χ1) is 10.6. The number of carbonyl (C=O) groups excluding carboxylic acids is 1. The first kappa shape index (κ1) is 15.5. The van der Waals surface area contributed by atoms with Crippen LogP contribution in [0, 0.1) is 0 Å². The van der Waals surface area contributed by atoms with Gasteiger partial charge in [0.25, 0.3) is 5.91 Å². The molecule has 0 saturated heterocycles. The van der Waals surface area contributed by atoms with E-state index >= 15 is 0 Å². The number of aliphatic carboxylic acids is 1. The lowest BCUT2D eigenvalue weighted by atomic mass is 10.1. The third-order valence-corrected chi connectivity index (χ3v) is 3.10. The van der Waals surface area contributed by atoms with Gasteiger partial charge in [-0.1, -0.05) is 18.2 Å². The highest BCUT2D eigenvalue weighted by molar-refractivity contribution is 5.94. The number of carbonyl (C=O) groups is 2. The molecule has 0 bridgehead atoms. The lowest BCUT2D eigenvalue weighted by Crippen LogP contribution is -2.42. The van der Waals surface area contributed by atoms with E-state index in [4.69, 9.17) is 4.74 Å². The molecule has 1 amide bonds. The van der Waals surface area contributed by atoms with E-state index < -0.39 is 17.9 Å². The maximum atomic E-state index is 12.0. The van der Waals surface area contributed by atoms with Crippen molar-refractivity contribution in [1.82, 2.24) is 10.3 Å². The fraction of sp³-hybridized carbons (Fsp3) is 0.188. The van der Waals surface area contributed by atoms with Gasteiger partial charge in [-0.25, -0.2) is 4.79 Å². The molecule has 0 aliphatic heterocycles. The fourth-order valence-electron chi connectivity index (χ4n) is 1.93. The van der Waals surface area contributed by atoms with Gasteiger partial charge in [-0.3, -0.25) is 9.78 Å². The zero-order valence-electron chi connectivity index (χ0n) is 12.0. The van der Waals surface area contributed by atoms with E-state index in [1.165, 1.54) is 12.3 Å². The molecule has 114 valence electrons. The molecule has 0 aliphatic carbocycles. The number of methoxy groups -OCH3 is 1. The Morgan fingerprint density at radius 1 is 1.23 bits per heavy atom. The molecule has 1 aromatic carbocycles. The number of pyridine rings is 1. The van der Waals surface area contributed by atoms with E-state index in [2.05, 4.69) is 10.3 Å². The second-order valence-electron chi connectivity index (χ2n) is 4.63. The van der Waals surface area contributed by atoms with Crippen molar-refractivity contribution in [2.75, 3.05) is 7.11 Å². The Labute approximate surface area is 127 Å². The fourth-order valence-corrected chi connectivity index (χ4v) is 1.93. The van der Waals surface area contributed by atoms with E-state index in [1.54, 1.807) is 43.5 Å². The topological polar surface area (TPSA) is 88.5 Å². The molecule has 1 aromatic heterocycles. The summed E-state index contributed by atoms with van der Waals surface area (Å²) in [6.07, 6.45) is 1.66. The quantitative estimate of drug-likeness (QED) is 0.844. The summed E-state index contributed by atoms with van der Waals surface area (Å²) in [6.45, 7) is 0. The minimum Gasteiger partial charge on any atom is -0.497 e. The molecule has 0 fully saturated rings. The van der Waals surface area contributed by atoms with Crippen LogP contribution < -0.4 is 10.1 Å². The zero-order chi connectivity index (χ0) is 15.9. The summed E-state index contributed by atoms with van der Waals surface area (Å²) in [5.41, 5.74) is 0.970. The maximum absolute atomic E-state index is 12.0. The van der Waals surface area contributed by atoms with Crippen LogP contribution in [0.5, 0.6) is 5.75 Å². The first-order valence-electron chi connectivity index (χ1n) is 6.68. The number of hydrogen-bond donors (Lipinski definition) is 2. The van der Waals surface area contributed by atoms with Gasteiger partial charge >= 0.3 is 5.97 Å². The Balaban J connectivity index is 2.06. The summed E-state index contributed by atoms with van der Waals surface area (Å²) in [5, 5.41) is 11.7. The van der Waals surface area contributed by atoms with Crippen molar-refractivity contribution in [2.24, 2.45) is 0 Å². The summed E-state index contributed by atoms with van der Waals surface area (Å²) in [5.74, 6) is -0.922. The average molecular weight is 300 g/mol. The summed E-state index contributed by atoms with van der Waals surface area (Å²) in [6, 6.07) is 10.9. The smallest absolute Gasteiger partial charge is 0.326 e. The predicted octanol–water partition coefficient (Wildman–Crippen LogP) is 1.52. The molecule has 0 radical (unpaired) electrons. The van der Waals surface area contributed by atoms with Crippen LogP contribution in [0.4, 0.5) is 0 Å². The number of carboxylic acids is 1. The van der Waals surface area contributed by atoms with Crippen LogP contribution >= 0.6 is 0 Å². The van der Waals surface area contributed by atoms with E-state index in [9.17, 15) is 14.7 Å². The second kappa shape index (κ2) is 7.21. The number of rotatable bonds is 6. The molecule has 0 spiro atoms. The van der Waals surface area contributed by atoms with Crippen molar-refractivity contribution < 1.29 is 19.4 Å². The first-order valence-corrected chi connectivity index (χ1v) is 6.68. The Kier molecular flexibility index (Phi) is 5.08. The molecule has 22 heavy (non-hydrogen) atoms. The van der Waals surface area contributed by atoms with Crippen molar-refractivity contribution in [3.05, 3.63) is 59.9 Å². The number of carboxylic acid groups (broad SMARTS) is 1. The Morgan fingerprint density at radius 2 is 1.95 bits per heavy atom. The summed E-state index contributed by atoms with van der Waals surface area (Å²) < 4.78 is 5.05. The van der Waals surface area contributed by atoms with Crippen molar-refractivity contribution in [3.63, 3.8) is 0 Å². The van der Waals surface area contributed by atoms with Gasteiger partial charge in [0.05, 0.1) is 7.11 Å². The largest absolute Gasteiger partial charge is 0.497 e. The highest BCUT2D eigenvalue weighted by Gasteiger charge is 2.21. The van der Waals surface area contributed by atoms with Crippen LogP contribution in [-0.4, -0.2) is 35.1 Å². The van der Waals surface area contributed by atoms with Crippen molar-refractivity contribution in [1.29, 1.82) is 0 Å². The molecule has 6 nitrogen and oxygen atoms in total. The highest BCUT2D eigenvalue weighted by atomic mass is 16.5. The van der Waals surface area contributed by atoms with Gasteiger partial charge in [0.2, 0.25) is 0 Å². The molecule has 2 N–H and O–H groups in total. The van der Waals surface area contributed by atoms with Gasteiger partial charge < -0.3 is 15.2 Å². The van der Waals surface area contributed by atoms with Gasteiger partial charge in [0, 0.05) is 12.6 Å². The van der Waals surface area contributed by atoms with E-state index in [-0.39, 0.29) is 12.1 Å². The zero-order valence-corrected chi connectivity index (χ0v) is 12.0. The van der Waals surface area contributed by atoms with Crippen LogP contribution in [-0.2, 0) is 11.2 Å². The Bertz CT molecular complexity index is 641. The third-order valence-electron chi connectivity index (χ3n) is 3.10. The molecule has 1 heterocycles. The number of aromatic nitrogens is 1. The Morgan fingerprint density at radius 3 is 2.50 bits per heavy atom. The molecule has 2 rings (SSSR count). The summed E-state index contributed by atoms with van der Waals surface area (Å²) in [4.78, 5) is 27.2. The summed E-state index contributed by atoms with van der Waals surface area (Å²) in [7, 11) is 1.56. The molecule has 0 aliphatic rings. The van der Waals surface area contributed by atoms with Crippen molar-refractivity contribution in [2.45, 2.75) is 12.5 Å². The van der Waals surface area contributed by atoms with Crippen LogP contribution in [0.2, 0.25) is 0 Å². The van der Waals surface area contributed by atoms with Crippen molar-refractivity contribution >= 4 is 11.9 Å². The molecule has 0 unspecified atom stereocenters. The van der Waals surface area contributed by atoms with Crippen LogP contribution in [0.15, 0.2) is 48.7 Å². The molecule has 1 atom stereocenters. The van der Waals surface area contributed by atoms with Gasteiger partial charge in [-0.2, -0.15) is 0 Å².